The van der Waals surface area contributed by atoms with E-state index < -0.39 is 23.3 Å². The van der Waals surface area contributed by atoms with Crippen molar-refractivity contribution in [1.29, 1.82) is 0 Å². The highest BCUT2D eigenvalue weighted by molar-refractivity contribution is 5.93. The SMILES string of the molecule is CN(CCc1ccccc1)C(=O)C(Cc1ccc2ccccc2c1)N(C)C(=O)/C=C/CC(C)(C)N(C)C(=O)OC(C)(C)C. The van der Waals surface area contributed by atoms with Crippen molar-refractivity contribution in [3.63, 3.8) is 0 Å². The molecule has 7 nitrogen and oxygen atoms in total. The highest BCUT2D eigenvalue weighted by Crippen LogP contribution is 2.22. The number of likely N-dealkylation sites (N-methyl/N-ethyl adjacent to an activating group) is 2. The number of nitrogens with zero attached hydrogens (tertiary/aromatic N) is 3. The van der Waals surface area contributed by atoms with Crippen LogP contribution in [0.15, 0.2) is 84.9 Å². The van der Waals surface area contributed by atoms with E-state index in [9.17, 15) is 14.4 Å². The first-order valence-corrected chi connectivity index (χ1v) is 14.8. The summed E-state index contributed by atoms with van der Waals surface area (Å²) >= 11 is 0. The van der Waals surface area contributed by atoms with E-state index in [1.54, 1.807) is 37.0 Å². The van der Waals surface area contributed by atoms with Crippen molar-refractivity contribution in [1.82, 2.24) is 14.7 Å². The van der Waals surface area contributed by atoms with Crippen LogP contribution in [0.3, 0.4) is 0 Å². The molecule has 0 radical (unpaired) electrons. The van der Waals surface area contributed by atoms with E-state index in [4.69, 9.17) is 4.74 Å². The molecule has 3 rings (SSSR count). The zero-order valence-electron chi connectivity index (χ0n) is 27.0. The first kappa shape index (κ1) is 33.4. The summed E-state index contributed by atoms with van der Waals surface area (Å²) in [5.74, 6) is -0.385. The van der Waals surface area contributed by atoms with Crippen LogP contribution in [0.2, 0.25) is 0 Å². The summed E-state index contributed by atoms with van der Waals surface area (Å²) in [5.41, 5.74) is 0.948. The summed E-state index contributed by atoms with van der Waals surface area (Å²) in [6.45, 7) is 9.87. The molecule has 0 bridgehead atoms. The Balaban J connectivity index is 1.76. The van der Waals surface area contributed by atoms with Crippen molar-refractivity contribution in [2.45, 2.75) is 71.1 Å². The summed E-state index contributed by atoms with van der Waals surface area (Å²) in [7, 11) is 5.17. The van der Waals surface area contributed by atoms with Crippen LogP contribution in [-0.4, -0.2) is 77.5 Å². The van der Waals surface area contributed by atoms with Crippen molar-refractivity contribution < 1.29 is 19.1 Å². The standard InChI is InChI=1S/C36H47N3O4/c1-35(2,3)43-34(42)39(8)36(4,5)23-14-19-32(40)38(7)31(26-28-20-21-29-17-12-13-18-30(29)25-28)33(41)37(6)24-22-27-15-10-9-11-16-27/h9-21,25,31H,22-24,26H2,1-8H3/b19-14+. The molecule has 0 heterocycles. The normalized spacial score (nSPS) is 12.7. The van der Waals surface area contributed by atoms with Crippen LogP contribution < -0.4 is 0 Å². The van der Waals surface area contributed by atoms with Crippen LogP contribution in [0.5, 0.6) is 0 Å². The van der Waals surface area contributed by atoms with Crippen molar-refractivity contribution in [3.8, 4) is 0 Å². The molecule has 3 aromatic carbocycles. The molecule has 0 saturated carbocycles. The second-order valence-electron chi connectivity index (χ2n) is 12.8. The third-order valence-corrected chi connectivity index (χ3v) is 7.75. The second kappa shape index (κ2) is 14.4. The quantitative estimate of drug-likeness (QED) is 0.241. The molecule has 43 heavy (non-hydrogen) atoms. The van der Waals surface area contributed by atoms with Gasteiger partial charge in [-0.3, -0.25) is 9.59 Å². The van der Waals surface area contributed by atoms with Gasteiger partial charge in [0.2, 0.25) is 11.8 Å². The monoisotopic (exact) mass is 585 g/mol. The topological polar surface area (TPSA) is 70.2 Å². The minimum Gasteiger partial charge on any atom is -0.444 e. The van der Waals surface area contributed by atoms with Gasteiger partial charge in [-0.15, -0.1) is 0 Å². The fraction of sp³-hybridized carbons (Fsp3) is 0.417. The molecule has 0 aromatic heterocycles. The van der Waals surface area contributed by atoms with Gasteiger partial charge in [-0.05, 0) is 75.4 Å². The molecule has 7 heteroatoms. The number of hydrogen-bond donors (Lipinski definition) is 0. The van der Waals surface area contributed by atoms with E-state index in [1.165, 1.54) is 11.0 Å². The highest BCUT2D eigenvalue weighted by atomic mass is 16.6. The molecule has 0 fully saturated rings. The van der Waals surface area contributed by atoms with Gasteiger partial charge in [0.15, 0.2) is 0 Å². The summed E-state index contributed by atoms with van der Waals surface area (Å²) < 4.78 is 5.51. The Labute approximate surface area is 257 Å². The Hall–Kier alpha value is -4.13. The van der Waals surface area contributed by atoms with Gasteiger partial charge in [-0.1, -0.05) is 78.9 Å². The van der Waals surface area contributed by atoms with Gasteiger partial charge in [-0.2, -0.15) is 0 Å². The molecule has 1 unspecified atom stereocenters. The Morgan fingerprint density at radius 3 is 2.09 bits per heavy atom. The second-order valence-corrected chi connectivity index (χ2v) is 12.8. The van der Waals surface area contributed by atoms with E-state index in [2.05, 4.69) is 24.3 Å². The largest absolute Gasteiger partial charge is 0.444 e. The van der Waals surface area contributed by atoms with Gasteiger partial charge < -0.3 is 19.4 Å². The molecule has 0 aliphatic carbocycles. The molecule has 0 aliphatic heterocycles. The van der Waals surface area contributed by atoms with Gasteiger partial charge >= 0.3 is 6.09 Å². The van der Waals surface area contributed by atoms with Gasteiger partial charge in [0.05, 0.1) is 0 Å². The third-order valence-electron chi connectivity index (χ3n) is 7.75. The summed E-state index contributed by atoms with van der Waals surface area (Å²) in [6.07, 6.45) is 4.38. The summed E-state index contributed by atoms with van der Waals surface area (Å²) in [5, 5.41) is 2.22. The predicted molar refractivity (Wildman–Crippen MR) is 174 cm³/mol. The van der Waals surface area contributed by atoms with Crippen molar-refractivity contribution in [2.24, 2.45) is 0 Å². The average molecular weight is 586 g/mol. The Morgan fingerprint density at radius 1 is 0.814 bits per heavy atom. The molecule has 0 spiro atoms. The van der Waals surface area contributed by atoms with Crippen LogP contribution >= 0.6 is 0 Å². The van der Waals surface area contributed by atoms with Crippen LogP contribution in [0.25, 0.3) is 10.8 Å². The van der Waals surface area contributed by atoms with Crippen LogP contribution in [0, 0.1) is 0 Å². The maximum Gasteiger partial charge on any atom is 0.410 e. The molecule has 3 aromatic rings. The number of hydrogen-bond acceptors (Lipinski definition) is 4. The minimum absolute atomic E-state index is 0.113. The lowest BCUT2D eigenvalue weighted by atomic mass is 9.98. The molecule has 0 N–H and O–H groups in total. The number of ether oxygens (including phenoxy) is 1. The predicted octanol–water partition coefficient (Wildman–Crippen LogP) is 6.50. The third kappa shape index (κ3) is 9.70. The fourth-order valence-corrected chi connectivity index (χ4v) is 4.72. The van der Waals surface area contributed by atoms with Crippen LogP contribution in [0.1, 0.15) is 52.2 Å². The van der Waals surface area contributed by atoms with Gasteiger partial charge in [0.25, 0.3) is 0 Å². The van der Waals surface area contributed by atoms with E-state index in [0.717, 1.165) is 28.3 Å². The number of rotatable bonds is 11. The molecular weight excluding hydrogens is 538 g/mol. The van der Waals surface area contributed by atoms with Gasteiger partial charge in [-0.25, -0.2) is 4.79 Å². The number of benzene rings is 3. The smallest absolute Gasteiger partial charge is 0.410 e. The Kier molecular flexibility index (Phi) is 11.1. The lowest BCUT2D eigenvalue weighted by Gasteiger charge is -2.36. The van der Waals surface area contributed by atoms with Gasteiger partial charge in [0.1, 0.15) is 11.6 Å². The van der Waals surface area contributed by atoms with Crippen molar-refractivity contribution in [2.75, 3.05) is 27.7 Å². The molecule has 230 valence electrons. The molecule has 3 amide bonds. The lowest BCUT2D eigenvalue weighted by Crippen LogP contribution is -2.49. The summed E-state index contributed by atoms with van der Waals surface area (Å²) in [6, 6.07) is 23.6. The molecular formula is C36H47N3O4. The van der Waals surface area contributed by atoms with Crippen molar-refractivity contribution in [3.05, 3.63) is 96.1 Å². The van der Waals surface area contributed by atoms with Crippen molar-refractivity contribution >= 4 is 28.7 Å². The highest BCUT2D eigenvalue weighted by Gasteiger charge is 2.31. The van der Waals surface area contributed by atoms with E-state index in [1.807, 2.05) is 83.1 Å². The lowest BCUT2D eigenvalue weighted by molar-refractivity contribution is -0.141. The van der Waals surface area contributed by atoms with Gasteiger partial charge in [0, 0.05) is 39.6 Å². The van der Waals surface area contributed by atoms with E-state index in [0.29, 0.717) is 19.4 Å². The first-order valence-electron chi connectivity index (χ1n) is 14.8. The zero-order chi connectivity index (χ0) is 31.8. The maximum absolute atomic E-state index is 13.8. The Morgan fingerprint density at radius 2 is 1.44 bits per heavy atom. The summed E-state index contributed by atoms with van der Waals surface area (Å²) in [4.78, 5) is 44.7. The zero-order valence-corrected chi connectivity index (χ0v) is 27.0. The average Bonchev–Trinajstić information content (AvgIpc) is 2.96. The first-order chi connectivity index (χ1) is 20.2. The number of fused-ring (bicyclic) bond motifs is 1. The fourth-order valence-electron chi connectivity index (χ4n) is 4.72. The Bertz CT molecular complexity index is 1430. The number of amides is 3. The maximum atomic E-state index is 13.8. The number of carbonyl (C=O) groups is 3. The minimum atomic E-state index is -0.684. The van der Waals surface area contributed by atoms with E-state index in [-0.39, 0.29) is 11.8 Å². The van der Waals surface area contributed by atoms with Crippen LogP contribution in [0.4, 0.5) is 4.79 Å². The molecule has 0 aliphatic rings. The van der Waals surface area contributed by atoms with Crippen LogP contribution in [-0.2, 0) is 27.2 Å². The molecule has 0 saturated heterocycles. The van der Waals surface area contributed by atoms with E-state index >= 15 is 0 Å². The molecule has 1 atom stereocenters. The number of carbonyl (C=O) groups excluding carboxylic acids is 3.